The quantitative estimate of drug-likeness (QED) is 0.688. The summed E-state index contributed by atoms with van der Waals surface area (Å²) >= 11 is 0. The second-order valence-corrected chi connectivity index (χ2v) is 8.03. The zero-order valence-electron chi connectivity index (χ0n) is 14.0. The van der Waals surface area contributed by atoms with Gasteiger partial charge in [0.1, 0.15) is 5.82 Å². The van der Waals surface area contributed by atoms with Crippen molar-refractivity contribution in [2.45, 2.75) is 23.8 Å². The van der Waals surface area contributed by atoms with E-state index in [2.05, 4.69) is 10.0 Å². The molecule has 2 aromatic carbocycles. The van der Waals surface area contributed by atoms with Crippen LogP contribution in [0.25, 0.3) is 0 Å². The molecule has 1 saturated carbocycles. The van der Waals surface area contributed by atoms with Crippen molar-refractivity contribution in [2.24, 2.45) is 11.7 Å². The lowest BCUT2D eigenvalue weighted by atomic mass is 10.1. The molecule has 0 heterocycles. The molecule has 2 aromatic rings. The number of anilines is 1. The summed E-state index contributed by atoms with van der Waals surface area (Å²) in [5.74, 6) is -0.270. The van der Waals surface area contributed by atoms with Crippen molar-refractivity contribution in [1.82, 2.24) is 5.32 Å². The fourth-order valence-electron chi connectivity index (χ4n) is 2.52. The average Bonchev–Trinajstić information content (AvgIpc) is 3.45. The number of nitrogens with one attached hydrogen (secondary N) is 2. The third-order valence-electron chi connectivity index (χ3n) is 4.25. The summed E-state index contributed by atoms with van der Waals surface area (Å²) in [6, 6.07) is 10.5. The number of benzene rings is 2. The first kappa shape index (κ1) is 18.3. The molecule has 0 spiro atoms. The molecule has 0 bridgehead atoms. The minimum atomic E-state index is -3.82. The van der Waals surface area contributed by atoms with Gasteiger partial charge in [0.05, 0.1) is 4.90 Å². The van der Waals surface area contributed by atoms with Gasteiger partial charge in [-0.3, -0.25) is 9.52 Å². The van der Waals surface area contributed by atoms with E-state index in [1.165, 1.54) is 36.4 Å². The van der Waals surface area contributed by atoms with Crippen LogP contribution in [-0.4, -0.2) is 26.9 Å². The van der Waals surface area contributed by atoms with Gasteiger partial charge in [-0.25, -0.2) is 12.8 Å². The molecule has 1 aliphatic rings. The van der Waals surface area contributed by atoms with Gasteiger partial charge >= 0.3 is 0 Å². The lowest BCUT2D eigenvalue weighted by molar-refractivity contribution is 0.0950. The normalized spacial score (nSPS) is 15.3. The lowest BCUT2D eigenvalue weighted by Crippen LogP contribution is -2.38. The van der Waals surface area contributed by atoms with E-state index in [9.17, 15) is 17.6 Å². The van der Waals surface area contributed by atoms with Crippen molar-refractivity contribution in [3.05, 3.63) is 59.9 Å². The molecule has 8 heteroatoms. The smallest absolute Gasteiger partial charge is 0.261 e. The summed E-state index contributed by atoms with van der Waals surface area (Å²) in [6.45, 7) is 0.419. The molecule has 1 aliphatic carbocycles. The van der Waals surface area contributed by atoms with Gasteiger partial charge in [-0.2, -0.15) is 0 Å². The van der Waals surface area contributed by atoms with Crippen LogP contribution in [0, 0.1) is 11.7 Å². The molecular weight excluding hydrogens is 357 g/mol. The molecule has 0 saturated heterocycles. The molecule has 0 aliphatic heterocycles. The van der Waals surface area contributed by atoms with Gasteiger partial charge in [0.2, 0.25) is 0 Å². The third-order valence-corrected chi connectivity index (χ3v) is 5.65. The summed E-state index contributed by atoms with van der Waals surface area (Å²) in [5.41, 5.74) is 6.67. The Morgan fingerprint density at radius 1 is 1.12 bits per heavy atom. The first-order chi connectivity index (χ1) is 12.3. The van der Waals surface area contributed by atoms with E-state index in [1.54, 1.807) is 0 Å². The van der Waals surface area contributed by atoms with Gasteiger partial charge < -0.3 is 11.1 Å². The number of carbonyl (C=O) groups excluding carboxylic acids is 1. The highest BCUT2D eigenvalue weighted by molar-refractivity contribution is 7.92. The highest BCUT2D eigenvalue weighted by atomic mass is 32.2. The van der Waals surface area contributed by atoms with Crippen LogP contribution < -0.4 is 15.8 Å². The first-order valence-electron chi connectivity index (χ1n) is 8.27. The molecule has 6 nitrogen and oxygen atoms in total. The Morgan fingerprint density at radius 2 is 1.73 bits per heavy atom. The van der Waals surface area contributed by atoms with Crippen LogP contribution in [0.2, 0.25) is 0 Å². The van der Waals surface area contributed by atoms with Crippen molar-refractivity contribution in [1.29, 1.82) is 0 Å². The van der Waals surface area contributed by atoms with Gasteiger partial charge in [-0.1, -0.05) is 0 Å². The molecule has 3 rings (SSSR count). The Balaban J connectivity index is 1.61. The molecule has 1 amide bonds. The fourth-order valence-corrected chi connectivity index (χ4v) is 3.58. The largest absolute Gasteiger partial charge is 0.350 e. The Hall–Kier alpha value is -2.45. The second kappa shape index (κ2) is 7.43. The number of carbonyl (C=O) groups is 1. The van der Waals surface area contributed by atoms with E-state index in [-0.39, 0.29) is 16.8 Å². The molecular formula is C18H20FN3O3S. The predicted octanol–water partition coefficient (Wildman–Crippen LogP) is 2.09. The second-order valence-electron chi connectivity index (χ2n) is 6.35. The highest BCUT2D eigenvalue weighted by Gasteiger charge is 2.28. The Bertz CT molecular complexity index is 879. The van der Waals surface area contributed by atoms with Crippen molar-refractivity contribution in [2.75, 3.05) is 11.3 Å². The first-order valence-corrected chi connectivity index (χ1v) is 9.76. The Kier molecular flexibility index (Phi) is 5.24. The molecule has 1 fully saturated rings. The molecule has 1 unspecified atom stereocenters. The number of nitrogens with two attached hydrogens (primary N) is 1. The fraction of sp³-hybridized carbons (Fsp3) is 0.278. The van der Waals surface area contributed by atoms with Crippen molar-refractivity contribution in [3.63, 3.8) is 0 Å². The summed E-state index contributed by atoms with van der Waals surface area (Å²) in [4.78, 5) is 12.1. The van der Waals surface area contributed by atoms with E-state index in [4.69, 9.17) is 5.73 Å². The molecule has 1 atom stereocenters. The number of rotatable bonds is 7. The van der Waals surface area contributed by atoms with Crippen LogP contribution in [0.1, 0.15) is 23.2 Å². The zero-order valence-corrected chi connectivity index (χ0v) is 14.8. The maximum Gasteiger partial charge on any atom is 0.261 e. The standard InChI is InChI=1S/C18H20FN3O3S/c19-14-5-9-16(10-6-14)26(24,25)22-15-7-3-13(4-8-15)18(23)21-11-17(20)12-1-2-12/h3-10,12,17,22H,1-2,11,20H2,(H,21,23). The van der Waals surface area contributed by atoms with Crippen LogP contribution >= 0.6 is 0 Å². The van der Waals surface area contributed by atoms with Gasteiger partial charge in [0.15, 0.2) is 0 Å². The lowest BCUT2D eigenvalue weighted by Gasteiger charge is -2.12. The minimum absolute atomic E-state index is 0.0271. The van der Waals surface area contributed by atoms with E-state index < -0.39 is 15.8 Å². The monoisotopic (exact) mass is 377 g/mol. The number of hydrogen-bond acceptors (Lipinski definition) is 4. The maximum atomic E-state index is 12.9. The zero-order chi connectivity index (χ0) is 18.7. The number of halogens is 1. The highest BCUT2D eigenvalue weighted by Crippen LogP contribution is 2.31. The molecule has 0 aromatic heterocycles. The van der Waals surface area contributed by atoms with Gasteiger partial charge in [-0.15, -0.1) is 0 Å². The van der Waals surface area contributed by atoms with E-state index in [0.29, 0.717) is 23.7 Å². The van der Waals surface area contributed by atoms with Crippen LogP contribution in [0.15, 0.2) is 53.4 Å². The topological polar surface area (TPSA) is 101 Å². The average molecular weight is 377 g/mol. The molecule has 26 heavy (non-hydrogen) atoms. The number of amides is 1. The van der Waals surface area contributed by atoms with Gasteiger partial charge in [-0.05, 0) is 67.3 Å². The van der Waals surface area contributed by atoms with Crippen LogP contribution in [0.5, 0.6) is 0 Å². The van der Waals surface area contributed by atoms with Gasteiger partial charge in [0.25, 0.3) is 15.9 Å². The van der Waals surface area contributed by atoms with Crippen LogP contribution in [0.3, 0.4) is 0 Å². The van der Waals surface area contributed by atoms with Crippen LogP contribution in [-0.2, 0) is 10.0 Å². The van der Waals surface area contributed by atoms with Crippen molar-refractivity contribution < 1.29 is 17.6 Å². The summed E-state index contributed by atoms with van der Waals surface area (Å²) in [5, 5.41) is 2.78. The summed E-state index contributed by atoms with van der Waals surface area (Å²) in [7, 11) is -3.82. The van der Waals surface area contributed by atoms with E-state index in [1.807, 2.05) is 0 Å². The van der Waals surface area contributed by atoms with Crippen molar-refractivity contribution in [3.8, 4) is 0 Å². The molecule has 4 N–H and O–H groups in total. The van der Waals surface area contributed by atoms with Crippen LogP contribution in [0.4, 0.5) is 10.1 Å². The van der Waals surface area contributed by atoms with Gasteiger partial charge in [0, 0.05) is 23.8 Å². The van der Waals surface area contributed by atoms with E-state index in [0.717, 1.165) is 25.0 Å². The summed E-state index contributed by atoms with van der Waals surface area (Å²) in [6.07, 6.45) is 2.22. The Morgan fingerprint density at radius 3 is 2.31 bits per heavy atom. The number of sulfonamides is 1. The number of hydrogen-bond donors (Lipinski definition) is 3. The molecule has 138 valence electrons. The van der Waals surface area contributed by atoms with Crippen molar-refractivity contribution >= 4 is 21.6 Å². The predicted molar refractivity (Wildman–Crippen MR) is 96.7 cm³/mol. The maximum absolute atomic E-state index is 12.9. The summed E-state index contributed by atoms with van der Waals surface area (Å²) < 4.78 is 39.8. The SMILES string of the molecule is NC(CNC(=O)c1ccc(NS(=O)(=O)c2ccc(F)cc2)cc1)C1CC1. The third kappa shape index (κ3) is 4.59. The molecule has 0 radical (unpaired) electrons. The van der Waals surface area contributed by atoms with E-state index >= 15 is 0 Å². The Labute approximate surface area is 151 Å². The minimum Gasteiger partial charge on any atom is -0.350 e.